The van der Waals surface area contributed by atoms with Crippen LogP contribution in [-0.4, -0.2) is 45.1 Å². The average molecular weight is 394 g/mol. The molecule has 2 aromatic heterocycles. The van der Waals surface area contributed by atoms with Gasteiger partial charge in [-0.15, -0.1) is 10.2 Å². The molecule has 0 fully saturated rings. The van der Waals surface area contributed by atoms with Crippen molar-refractivity contribution in [2.75, 3.05) is 11.9 Å². The summed E-state index contributed by atoms with van der Waals surface area (Å²) in [6.45, 7) is 0. The van der Waals surface area contributed by atoms with Crippen LogP contribution in [0.15, 0.2) is 42.7 Å². The number of hydrogen-bond acceptors (Lipinski definition) is 7. The van der Waals surface area contributed by atoms with Crippen molar-refractivity contribution in [3.05, 3.63) is 64.0 Å². The molecule has 0 bridgehead atoms. The second-order valence-corrected chi connectivity index (χ2v) is 7.51. The van der Waals surface area contributed by atoms with Crippen LogP contribution in [-0.2, 0) is 17.6 Å². The van der Waals surface area contributed by atoms with Gasteiger partial charge in [-0.05, 0) is 18.4 Å². The van der Waals surface area contributed by atoms with E-state index in [1.54, 1.807) is 19.4 Å². The third-order valence-corrected chi connectivity index (χ3v) is 5.45. The summed E-state index contributed by atoms with van der Waals surface area (Å²) >= 11 is 1.24. The van der Waals surface area contributed by atoms with Crippen molar-refractivity contribution in [3.8, 4) is 0 Å². The van der Waals surface area contributed by atoms with Crippen LogP contribution in [0.5, 0.6) is 0 Å². The summed E-state index contributed by atoms with van der Waals surface area (Å²) in [5, 5.41) is 11.9. The van der Waals surface area contributed by atoms with E-state index in [1.807, 2.05) is 30.3 Å². The molecule has 28 heavy (non-hydrogen) atoms. The molecule has 4 rings (SSSR count). The Morgan fingerprint density at radius 1 is 1.21 bits per heavy atom. The van der Waals surface area contributed by atoms with Crippen molar-refractivity contribution in [3.63, 3.8) is 0 Å². The van der Waals surface area contributed by atoms with Gasteiger partial charge in [0.1, 0.15) is 11.0 Å². The van der Waals surface area contributed by atoms with E-state index in [2.05, 4.69) is 25.5 Å². The molecule has 0 unspecified atom stereocenters. The van der Waals surface area contributed by atoms with E-state index in [4.69, 9.17) is 0 Å². The molecule has 142 valence electrons. The lowest BCUT2D eigenvalue weighted by Gasteiger charge is -2.20. The summed E-state index contributed by atoms with van der Waals surface area (Å²) in [5.41, 5.74) is 1.85. The number of carbonyl (C=O) groups is 2. The largest absolute Gasteiger partial charge is 0.338 e. The standard InChI is InChI=1S/C19H18N6O2S/c1-25-16-13(20-9-10-21-16)7-8-14(19(25)27)22-17(26)18-24-23-15(28-18)11-12-5-3-2-4-6-12/h2-6,9-10,14H,7-8,11H2,1H3,(H,22,26)/t14-/m0/s1. The van der Waals surface area contributed by atoms with Crippen LogP contribution in [0.3, 0.4) is 0 Å². The summed E-state index contributed by atoms with van der Waals surface area (Å²) in [6.07, 6.45) is 4.78. The van der Waals surface area contributed by atoms with Gasteiger partial charge in [0.2, 0.25) is 5.01 Å². The zero-order valence-corrected chi connectivity index (χ0v) is 16.0. The summed E-state index contributed by atoms with van der Waals surface area (Å²) in [4.78, 5) is 35.3. The van der Waals surface area contributed by atoms with E-state index in [9.17, 15) is 9.59 Å². The van der Waals surface area contributed by atoms with Crippen molar-refractivity contribution in [1.29, 1.82) is 0 Å². The third kappa shape index (κ3) is 3.74. The molecule has 0 saturated carbocycles. The smallest absolute Gasteiger partial charge is 0.282 e. The van der Waals surface area contributed by atoms with E-state index in [-0.39, 0.29) is 10.9 Å². The van der Waals surface area contributed by atoms with Gasteiger partial charge < -0.3 is 5.32 Å². The first-order valence-electron chi connectivity index (χ1n) is 8.86. The Labute approximate surface area is 165 Å². The fraction of sp³-hybridized carbons (Fsp3) is 0.263. The number of carbonyl (C=O) groups excluding carboxylic acids is 2. The van der Waals surface area contributed by atoms with Gasteiger partial charge in [-0.1, -0.05) is 41.7 Å². The van der Waals surface area contributed by atoms with Gasteiger partial charge >= 0.3 is 0 Å². The normalized spacial score (nSPS) is 16.4. The van der Waals surface area contributed by atoms with E-state index in [0.717, 1.165) is 16.3 Å². The minimum atomic E-state index is -0.657. The summed E-state index contributed by atoms with van der Waals surface area (Å²) in [6, 6.07) is 9.21. The molecule has 3 aromatic rings. The first-order valence-corrected chi connectivity index (χ1v) is 9.68. The monoisotopic (exact) mass is 394 g/mol. The first-order chi connectivity index (χ1) is 13.6. The molecular weight excluding hydrogens is 376 g/mol. The van der Waals surface area contributed by atoms with Gasteiger partial charge in [0, 0.05) is 25.9 Å². The van der Waals surface area contributed by atoms with Crippen LogP contribution in [0.2, 0.25) is 0 Å². The highest BCUT2D eigenvalue weighted by Gasteiger charge is 2.31. The van der Waals surface area contributed by atoms with Gasteiger partial charge in [0.25, 0.3) is 11.8 Å². The molecule has 0 aliphatic carbocycles. The number of hydrogen-bond donors (Lipinski definition) is 1. The molecule has 0 radical (unpaired) electrons. The summed E-state index contributed by atoms with van der Waals surface area (Å²) < 4.78 is 0. The lowest BCUT2D eigenvalue weighted by atomic mass is 10.1. The summed E-state index contributed by atoms with van der Waals surface area (Å²) in [7, 11) is 1.64. The maximum Gasteiger partial charge on any atom is 0.282 e. The number of benzene rings is 1. The molecule has 0 saturated heterocycles. The SMILES string of the molecule is CN1C(=O)[C@@H](NC(=O)c2nnc(Cc3ccccc3)s2)CCc2nccnc21. The van der Waals surface area contributed by atoms with Crippen LogP contribution in [0.4, 0.5) is 5.82 Å². The number of nitrogens with zero attached hydrogens (tertiary/aromatic N) is 5. The minimum Gasteiger partial charge on any atom is -0.338 e. The van der Waals surface area contributed by atoms with Crippen LogP contribution < -0.4 is 10.2 Å². The fourth-order valence-corrected chi connectivity index (χ4v) is 3.88. The van der Waals surface area contributed by atoms with Gasteiger partial charge in [-0.2, -0.15) is 0 Å². The number of nitrogens with one attached hydrogen (secondary N) is 1. The van der Waals surface area contributed by atoms with E-state index < -0.39 is 11.9 Å². The van der Waals surface area contributed by atoms with Crippen molar-refractivity contribution < 1.29 is 9.59 Å². The predicted octanol–water partition coefficient (Wildman–Crippen LogP) is 1.63. The number of aryl methyl sites for hydroxylation is 1. The molecule has 3 heterocycles. The fourth-order valence-electron chi connectivity index (χ4n) is 3.10. The van der Waals surface area contributed by atoms with Gasteiger partial charge in [0.05, 0.1) is 5.69 Å². The molecule has 1 aromatic carbocycles. The Morgan fingerprint density at radius 3 is 2.82 bits per heavy atom. The minimum absolute atomic E-state index is 0.221. The highest BCUT2D eigenvalue weighted by atomic mass is 32.1. The van der Waals surface area contributed by atoms with Gasteiger partial charge in [-0.25, -0.2) is 4.98 Å². The van der Waals surface area contributed by atoms with E-state index >= 15 is 0 Å². The lowest BCUT2D eigenvalue weighted by Crippen LogP contribution is -2.46. The van der Waals surface area contributed by atoms with Crippen molar-refractivity contribution in [2.24, 2.45) is 0 Å². The van der Waals surface area contributed by atoms with Crippen molar-refractivity contribution in [1.82, 2.24) is 25.5 Å². The molecule has 1 N–H and O–H groups in total. The number of fused-ring (bicyclic) bond motifs is 1. The zero-order chi connectivity index (χ0) is 19.5. The Hall–Kier alpha value is -3.20. The van der Waals surface area contributed by atoms with E-state index in [0.29, 0.717) is 25.1 Å². The van der Waals surface area contributed by atoms with Crippen LogP contribution in [0.1, 0.15) is 32.5 Å². The molecule has 0 spiro atoms. The molecule has 1 aliphatic rings. The number of anilines is 1. The van der Waals surface area contributed by atoms with Crippen molar-refractivity contribution in [2.45, 2.75) is 25.3 Å². The number of likely N-dealkylation sites (N-methyl/N-ethyl adjacent to an activating group) is 1. The Balaban J connectivity index is 1.45. The average Bonchev–Trinajstić information content (AvgIpc) is 3.15. The summed E-state index contributed by atoms with van der Waals surface area (Å²) in [5.74, 6) is -0.0811. The van der Waals surface area contributed by atoms with Gasteiger partial charge in [-0.3, -0.25) is 19.5 Å². The molecular formula is C19H18N6O2S. The van der Waals surface area contributed by atoms with Crippen molar-refractivity contribution >= 4 is 29.0 Å². The lowest BCUT2D eigenvalue weighted by molar-refractivity contribution is -0.120. The highest BCUT2D eigenvalue weighted by Crippen LogP contribution is 2.22. The number of rotatable bonds is 4. The van der Waals surface area contributed by atoms with E-state index in [1.165, 1.54) is 16.2 Å². The maximum absolute atomic E-state index is 12.7. The van der Waals surface area contributed by atoms with Crippen LogP contribution in [0, 0.1) is 0 Å². The molecule has 9 heteroatoms. The predicted molar refractivity (Wildman–Crippen MR) is 104 cm³/mol. The second kappa shape index (κ2) is 7.81. The Bertz CT molecular complexity index is 1010. The first kappa shape index (κ1) is 18.2. The van der Waals surface area contributed by atoms with Gasteiger partial charge in [0.15, 0.2) is 5.82 Å². The molecule has 8 nitrogen and oxygen atoms in total. The number of amides is 2. The molecule has 2 amide bonds. The number of aromatic nitrogens is 4. The topological polar surface area (TPSA) is 101 Å². The van der Waals surface area contributed by atoms with Crippen LogP contribution >= 0.6 is 11.3 Å². The highest BCUT2D eigenvalue weighted by molar-refractivity contribution is 7.13. The quantitative estimate of drug-likeness (QED) is 0.722. The van der Waals surface area contributed by atoms with Crippen LogP contribution in [0.25, 0.3) is 0 Å². The Morgan fingerprint density at radius 2 is 2.00 bits per heavy atom. The second-order valence-electron chi connectivity index (χ2n) is 6.45. The third-order valence-electron chi connectivity index (χ3n) is 4.53. The molecule has 1 atom stereocenters. The zero-order valence-electron chi connectivity index (χ0n) is 15.2. The molecule has 1 aliphatic heterocycles. The Kier molecular flexibility index (Phi) is 5.07. The maximum atomic E-state index is 12.7.